The van der Waals surface area contributed by atoms with E-state index in [1.807, 2.05) is 0 Å². The molecule has 0 radical (unpaired) electrons. The third kappa shape index (κ3) is 1.41. The minimum Gasteiger partial charge on any atom is -0.481 e. The first kappa shape index (κ1) is 13.6. The Morgan fingerprint density at radius 2 is 1.82 bits per heavy atom. The van der Waals surface area contributed by atoms with Crippen LogP contribution in [0, 0.1) is 46.3 Å². The maximum Gasteiger partial charge on any atom is 0.306 e. The number of carboxylic acid groups (broad SMARTS) is 1. The van der Waals surface area contributed by atoms with Crippen LogP contribution < -0.4 is 0 Å². The van der Waals surface area contributed by atoms with E-state index in [1.54, 1.807) is 0 Å². The van der Waals surface area contributed by atoms with Crippen LogP contribution in [-0.4, -0.2) is 11.1 Å². The van der Waals surface area contributed by atoms with Gasteiger partial charge in [-0.1, -0.05) is 38.3 Å². The molecule has 5 aliphatic carbocycles. The predicted molar refractivity (Wildman–Crippen MR) is 85.2 cm³/mol. The van der Waals surface area contributed by atoms with E-state index in [2.05, 4.69) is 19.1 Å². The van der Waals surface area contributed by atoms with Gasteiger partial charge in [0.1, 0.15) is 0 Å². The molecule has 4 fully saturated rings. The fourth-order valence-corrected chi connectivity index (χ4v) is 8.08. The lowest BCUT2D eigenvalue weighted by Gasteiger charge is -2.54. The molecule has 0 aromatic carbocycles. The molecule has 0 spiro atoms. The van der Waals surface area contributed by atoms with Crippen molar-refractivity contribution in [2.24, 2.45) is 46.3 Å². The molecule has 120 valence electrons. The van der Waals surface area contributed by atoms with Crippen LogP contribution in [-0.2, 0) is 4.79 Å². The number of aliphatic carboxylic acids is 1. The van der Waals surface area contributed by atoms with E-state index in [9.17, 15) is 9.90 Å². The van der Waals surface area contributed by atoms with E-state index >= 15 is 0 Å². The highest BCUT2D eigenvalue weighted by atomic mass is 16.4. The van der Waals surface area contributed by atoms with Gasteiger partial charge in [0.15, 0.2) is 0 Å². The largest absolute Gasteiger partial charge is 0.481 e. The van der Waals surface area contributed by atoms with Crippen LogP contribution in [0.15, 0.2) is 12.2 Å². The number of rotatable bonds is 2. The van der Waals surface area contributed by atoms with Crippen LogP contribution in [0.5, 0.6) is 0 Å². The molecule has 0 aromatic rings. The van der Waals surface area contributed by atoms with Gasteiger partial charge in [0.2, 0.25) is 0 Å². The zero-order valence-corrected chi connectivity index (χ0v) is 13.6. The van der Waals surface area contributed by atoms with E-state index < -0.39 is 5.97 Å². The lowest BCUT2D eigenvalue weighted by molar-refractivity contribution is -0.147. The molecule has 4 saturated carbocycles. The smallest absolute Gasteiger partial charge is 0.306 e. The van der Waals surface area contributed by atoms with Crippen LogP contribution in [0.3, 0.4) is 0 Å². The quantitative estimate of drug-likeness (QED) is 0.602. The number of hydrogen-bond acceptors (Lipinski definition) is 1. The van der Waals surface area contributed by atoms with Crippen molar-refractivity contribution < 1.29 is 9.90 Å². The van der Waals surface area contributed by atoms with E-state index in [1.165, 1.54) is 44.9 Å². The molecular weight excluding hydrogens is 272 g/mol. The van der Waals surface area contributed by atoms with Crippen molar-refractivity contribution in [1.82, 2.24) is 0 Å². The molecule has 4 bridgehead atoms. The molecule has 0 aromatic heterocycles. The third-order valence-corrected chi connectivity index (χ3v) is 8.83. The van der Waals surface area contributed by atoms with Gasteiger partial charge < -0.3 is 5.11 Å². The average molecular weight is 300 g/mol. The maximum absolute atomic E-state index is 11.9. The summed E-state index contributed by atoms with van der Waals surface area (Å²) in [5.74, 6) is 2.91. The third-order valence-electron chi connectivity index (χ3n) is 8.83. The van der Waals surface area contributed by atoms with E-state index in [0.717, 1.165) is 18.3 Å². The van der Waals surface area contributed by atoms with Crippen molar-refractivity contribution in [3.8, 4) is 0 Å². The number of carboxylic acids is 1. The molecular formula is C20H28O2. The molecule has 0 aliphatic heterocycles. The van der Waals surface area contributed by atoms with Crippen LogP contribution in [0.25, 0.3) is 0 Å². The predicted octanol–water partition coefficient (Wildman–Crippen LogP) is 4.51. The Labute approximate surface area is 133 Å². The van der Waals surface area contributed by atoms with Gasteiger partial charge in [-0.3, -0.25) is 4.79 Å². The lowest BCUT2D eigenvalue weighted by Crippen LogP contribution is -2.48. The zero-order chi connectivity index (χ0) is 15.1. The van der Waals surface area contributed by atoms with Crippen LogP contribution in [0.2, 0.25) is 0 Å². The first-order valence-corrected chi connectivity index (χ1v) is 9.47. The van der Waals surface area contributed by atoms with E-state index in [0.29, 0.717) is 28.6 Å². The van der Waals surface area contributed by atoms with Crippen molar-refractivity contribution in [2.45, 2.75) is 58.3 Å². The van der Waals surface area contributed by atoms with Crippen molar-refractivity contribution in [1.29, 1.82) is 0 Å². The molecule has 0 amide bonds. The van der Waals surface area contributed by atoms with E-state index in [-0.39, 0.29) is 5.92 Å². The fourth-order valence-electron chi connectivity index (χ4n) is 8.08. The standard InChI is InChI=1S/C20H28O2/c1-19(7-3-2-4-8-19)20-10-14(15(11-20)18(21)22)16-12-5-6-13(9-12)17(16)20/h5-6,12-17H,2-4,7-11H2,1H3,(H,21,22). The lowest BCUT2D eigenvalue weighted by atomic mass is 9.50. The van der Waals surface area contributed by atoms with Gasteiger partial charge in [-0.15, -0.1) is 0 Å². The summed E-state index contributed by atoms with van der Waals surface area (Å²) in [7, 11) is 0. The van der Waals surface area contributed by atoms with Gasteiger partial charge in [-0.25, -0.2) is 0 Å². The molecule has 5 rings (SSSR count). The second-order valence-corrected chi connectivity index (χ2v) is 9.35. The minimum absolute atomic E-state index is 0.0484. The molecule has 2 heteroatoms. The molecule has 1 N–H and O–H groups in total. The van der Waals surface area contributed by atoms with Crippen molar-refractivity contribution >= 4 is 5.97 Å². The fraction of sp³-hybridized carbons (Fsp3) is 0.850. The Bertz CT molecular complexity index is 544. The van der Waals surface area contributed by atoms with Crippen molar-refractivity contribution in [3.63, 3.8) is 0 Å². The van der Waals surface area contributed by atoms with Gasteiger partial charge in [0, 0.05) is 0 Å². The van der Waals surface area contributed by atoms with Gasteiger partial charge in [0.25, 0.3) is 0 Å². The summed E-state index contributed by atoms with van der Waals surface area (Å²) in [4.78, 5) is 11.9. The monoisotopic (exact) mass is 300 g/mol. The number of allylic oxidation sites excluding steroid dienone is 2. The summed E-state index contributed by atoms with van der Waals surface area (Å²) in [5, 5.41) is 9.80. The molecule has 7 unspecified atom stereocenters. The Kier molecular flexibility index (Phi) is 2.59. The SMILES string of the molecule is CC1(C23CC(C(=O)O)C(C2)C2C4C=CC(C4)C23)CCCCC1. The summed E-state index contributed by atoms with van der Waals surface area (Å²) < 4.78 is 0. The minimum atomic E-state index is -0.503. The van der Waals surface area contributed by atoms with Gasteiger partial charge >= 0.3 is 5.97 Å². The Balaban J connectivity index is 1.61. The zero-order valence-electron chi connectivity index (χ0n) is 13.6. The summed E-state index contributed by atoms with van der Waals surface area (Å²) in [5.41, 5.74) is 0.751. The van der Waals surface area contributed by atoms with E-state index in [4.69, 9.17) is 0 Å². The van der Waals surface area contributed by atoms with Crippen molar-refractivity contribution in [3.05, 3.63) is 12.2 Å². The normalized spacial score (nSPS) is 53.9. The van der Waals surface area contributed by atoms with Crippen LogP contribution in [0.1, 0.15) is 58.3 Å². The van der Waals surface area contributed by atoms with Crippen LogP contribution >= 0.6 is 0 Å². The highest BCUT2D eigenvalue weighted by Gasteiger charge is 2.72. The van der Waals surface area contributed by atoms with Crippen LogP contribution in [0.4, 0.5) is 0 Å². The summed E-state index contributed by atoms with van der Waals surface area (Å²) in [6.07, 6.45) is 15.3. The summed E-state index contributed by atoms with van der Waals surface area (Å²) >= 11 is 0. The van der Waals surface area contributed by atoms with Crippen molar-refractivity contribution in [2.75, 3.05) is 0 Å². The first-order chi connectivity index (χ1) is 10.6. The van der Waals surface area contributed by atoms with Gasteiger partial charge in [-0.2, -0.15) is 0 Å². The summed E-state index contributed by atoms with van der Waals surface area (Å²) in [6.45, 7) is 2.53. The average Bonchev–Trinajstić information content (AvgIpc) is 3.25. The van der Waals surface area contributed by atoms with Gasteiger partial charge in [0.05, 0.1) is 5.92 Å². The molecule has 7 atom stereocenters. The van der Waals surface area contributed by atoms with Gasteiger partial charge in [-0.05, 0) is 72.5 Å². The molecule has 5 aliphatic rings. The highest BCUT2D eigenvalue weighted by Crippen LogP contribution is 2.78. The number of fused-ring (bicyclic) bond motifs is 9. The Hall–Kier alpha value is -0.790. The Morgan fingerprint density at radius 3 is 2.55 bits per heavy atom. The molecule has 2 nitrogen and oxygen atoms in total. The topological polar surface area (TPSA) is 37.3 Å². The number of carbonyl (C=O) groups is 1. The second kappa shape index (κ2) is 4.19. The molecule has 22 heavy (non-hydrogen) atoms. The maximum atomic E-state index is 11.9. The Morgan fingerprint density at radius 1 is 1.09 bits per heavy atom. The molecule has 0 heterocycles. The summed E-state index contributed by atoms with van der Waals surface area (Å²) in [6, 6.07) is 0. The highest BCUT2D eigenvalue weighted by molar-refractivity contribution is 5.71. The first-order valence-electron chi connectivity index (χ1n) is 9.47. The number of hydrogen-bond donors (Lipinski definition) is 1. The molecule has 0 saturated heterocycles. The second-order valence-electron chi connectivity index (χ2n) is 9.35.